The summed E-state index contributed by atoms with van der Waals surface area (Å²) in [7, 11) is 3.11. The molecule has 8 heteroatoms. The van der Waals surface area contributed by atoms with E-state index in [4.69, 9.17) is 9.47 Å². The lowest BCUT2D eigenvalue weighted by molar-refractivity contribution is -0.113. The van der Waals surface area contributed by atoms with E-state index in [-0.39, 0.29) is 17.6 Å². The normalized spacial score (nSPS) is 10.3. The minimum atomic E-state index is -0.172. The molecule has 3 rings (SSSR count). The molecule has 6 nitrogen and oxygen atoms in total. The number of carbonyl (C=O) groups is 2. The molecule has 0 aliphatic heterocycles. The molecule has 0 atom stereocenters. The largest absolute Gasteiger partial charge is 0.497 e. The van der Waals surface area contributed by atoms with Gasteiger partial charge in [-0.05, 0) is 41.8 Å². The molecule has 0 saturated heterocycles. The lowest BCUT2D eigenvalue weighted by Crippen LogP contribution is -2.15. The van der Waals surface area contributed by atoms with E-state index in [1.54, 1.807) is 38.5 Å². The molecule has 2 amide bonds. The van der Waals surface area contributed by atoms with E-state index >= 15 is 0 Å². The van der Waals surface area contributed by atoms with E-state index in [9.17, 15) is 9.59 Å². The molecular weight excluding hydrogens is 408 g/mol. The van der Waals surface area contributed by atoms with Gasteiger partial charge in [-0.3, -0.25) is 9.59 Å². The van der Waals surface area contributed by atoms with Crippen molar-refractivity contribution in [3.63, 3.8) is 0 Å². The Morgan fingerprint density at radius 1 is 1.00 bits per heavy atom. The average molecular weight is 429 g/mol. The summed E-state index contributed by atoms with van der Waals surface area (Å²) in [6.45, 7) is 0. The van der Waals surface area contributed by atoms with Crippen LogP contribution in [0.4, 0.5) is 11.4 Å². The lowest BCUT2D eigenvalue weighted by atomic mass is 10.2. The van der Waals surface area contributed by atoms with E-state index in [1.807, 2.05) is 35.7 Å². The first-order chi connectivity index (χ1) is 14.1. The molecule has 0 radical (unpaired) electrons. The highest BCUT2D eigenvalue weighted by Crippen LogP contribution is 2.29. The summed E-state index contributed by atoms with van der Waals surface area (Å²) >= 11 is 2.76. The van der Waals surface area contributed by atoms with Crippen LogP contribution in [0.5, 0.6) is 11.5 Å². The number of hydrogen-bond donors (Lipinski definition) is 2. The highest BCUT2D eigenvalue weighted by atomic mass is 32.2. The molecule has 2 aromatic carbocycles. The Hall–Kier alpha value is -2.97. The number of thioether (sulfide) groups is 1. The molecule has 0 fully saturated rings. The van der Waals surface area contributed by atoms with Crippen molar-refractivity contribution in [1.29, 1.82) is 0 Å². The van der Waals surface area contributed by atoms with E-state index in [1.165, 1.54) is 23.1 Å². The number of amides is 2. The number of hydrogen-bond acceptors (Lipinski definition) is 6. The molecular formula is C21H20N2O4S2. The van der Waals surface area contributed by atoms with Gasteiger partial charge in [0.2, 0.25) is 5.91 Å². The third kappa shape index (κ3) is 5.75. The maximum atomic E-state index is 12.4. The van der Waals surface area contributed by atoms with Gasteiger partial charge in [0.1, 0.15) is 11.5 Å². The Kier molecular flexibility index (Phi) is 7.15. The number of rotatable bonds is 8. The maximum absolute atomic E-state index is 12.4. The summed E-state index contributed by atoms with van der Waals surface area (Å²) in [5.41, 5.74) is 1.23. The van der Waals surface area contributed by atoms with Gasteiger partial charge in [-0.25, -0.2) is 0 Å². The Labute approximate surface area is 177 Å². The molecule has 0 aliphatic rings. The van der Waals surface area contributed by atoms with Crippen LogP contribution < -0.4 is 20.1 Å². The smallest absolute Gasteiger partial charge is 0.265 e. The van der Waals surface area contributed by atoms with Gasteiger partial charge in [0, 0.05) is 16.6 Å². The van der Waals surface area contributed by atoms with Crippen LogP contribution in [0, 0.1) is 0 Å². The van der Waals surface area contributed by atoms with Crippen molar-refractivity contribution in [2.24, 2.45) is 0 Å². The molecule has 0 saturated carbocycles. The first-order valence-electron chi connectivity index (χ1n) is 8.68. The Morgan fingerprint density at radius 3 is 2.59 bits per heavy atom. The number of nitrogens with one attached hydrogen (secondary N) is 2. The Bertz CT molecular complexity index is 990. The summed E-state index contributed by atoms with van der Waals surface area (Å²) in [6.07, 6.45) is 0. The molecule has 0 unspecified atom stereocenters. The van der Waals surface area contributed by atoms with Crippen molar-refractivity contribution in [3.05, 3.63) is 64.9 Å². The highest BCUT2D eigenvalue weighted by Gasteiger charge is 2.11. The number of ether oxygens (including phenoxy) is 2. The number of benzene rings is 2. The average Bonchev–Trinajstić information content (AvgIpc) is 3.27. The summed E-state index contributed by atoms with van der Waals surface area (Å²) in [4.78, 5) is 26.1. The Balaban J connectivity index is 1.59. The fourth-order valence-electron chi connectivity index (χ4n) is 2.51. The fourth-order valence-corrected chi connectivity index (χ4v) is 3.88. The van der Waals surface area contributed by atoms with Crippen molar-refractivity contribution in [1.82, 2.24) is 0 Å². The van der Waals surface area contributed by atoms with Crippen LogP contribution in [0.1, 0.15) is 9.67 Å². The third-order valence-electron chi connectivity index (χ3n) is 3.89. The van der Waals surface area contributed by atoms with E-state index in [2.05, 4.69) is 10.6 Å². The standard InChI is InChI=1S/C21H20N2O4S2/c1-26-15-8-9-18(27-2)17(12-15)23-20(24)13-29-16-6-3-5-14(11-16)22-21(25)19-7-4-10-28-19/h3-12H,13H2,1-2H3,(H,22,25)(H,23,24). The van der Waals surface area contributed by atoms with Gasteiger partial charge >= 0.3 is 0 Å². The molecule has 150 valence electrons. The highest BCUT2D eigenvalue weighted by molar-refractivity contribution is 8.00. The quantitative estimate of drug-likeness (QED) is 0.507. The van der Waals surface area contributed by atoms with Gasteiger partial charge in [0.05, 0.1) is 30.5 Å². The molecule has 2 N–H and O–H groups in total. The second kappa shape index (κ2) is 9.99. The minimum absolute atomic E-state index is 0.148. The first kappa shape index (κ1) is 20.8. The summed E-state index contributed by atoms with van der Waals surface area (Å²) < 4.78 is 10.5. The van der Waals surface area contributed by atoms with Crippen molar-refractivity contribution in [3.8, 4) is 11.5 Å². The Morgan fingerprint density at radius 2 is 1.86 bits per heavy atom. The molecule has 1 heterocycles. The molecule has 1 aromatic heterocycles. The molecule has 0 bridgehead atoms. The van der Waals surface area contributed by atoms with Crippen LogP contribution in [-0.2, 0) is 4.79 Å². The number of methoxy groups -OCH3 is 2. The van der Waals surface area contributed by atoms with E-state index in [0.29, 0.717) is 27.8 Å². The third-order valence-corrected chi connectivity index (χ3v) is 5.75. The van der Waals surface area contributed by atoms with Gasteiger partial charge < -0.3 is 20.1 Å². The molecule has 0 aliphatic carbocycles. The van der Waals surface area contributed by atoms with Gasteiger partial charge in [0.25, 0.3) is 5.91 Å². The van der Waals surface area contributed by atoms with Crippen LogP contribution in [0.25, 0.3) is 0 Å². The molecule has 29 heavy (non-hydrogen) atoms. The van der Waals surface area contributed by atoms with Crippen molar-refractivity contribution in [2.75, 3.05) is 30.6 Å². The van der Waals surface area contributed by atoms with Crippen molar-refractivity contribution >= 4 is 46.3 Å². The lowest BCUT2D eigenvalue weighted by Gasteiger charge is -2.12. The van der Waals surface area contributed by atoms with Crippen LogP contribution in [0.2, 0.25) is 0 Å². The maximum Gasteiger partial charge on any atom is 0.265 e. The number of thiophene rings is 1. The minimum Gasteiger partial charge on any atom is -0.497 e. The second-order valence-corrected chi connectivity index (χ2v) is 7.86. The monoisotopic (exact) mass is 428 g/mol. The first-order valence-corrected chi connectivity index (χ1v) is 10.5. The zero-order valence-electron chi connectivity index (χ0n) is 15.9. The summed E-state index contributed by atoms with van der Waals surface area (Å²) in [5, 5.41) is 7.56. The van der Waals surface area contributed by atoms with Gasteiger partial charge in [0.15, 0.2) is 0 Å². The predicted molar refractivity (Wildman–Crippen MR) is 118 cm³/mol. The van der Waals surface area contributed by atoms with Gasteiger partial charge in [-0.15, -0.1) is 23.1 Å². The SMILES string of the molecule is COc1ccc(OC)c(NC(=O)CSc2cccc(NC(=O)c3cccs3)c2)c1. The fraction of sp³-hybridized carbons (Fsp3) is 0.143. The topological polar surface area (TPSA) is 76.7 Å². The van der Waals surface area contributed by atoms with Crippen LogP contribution in [0.15, 0.2) is 64.9 Å². The second-order valence-electron chi connectivity index (χ2n) is 5.86. The van der Waals surface area contributed by atoms with Crippen LogP contribution in [-0.4, -0.2) is 31.8 Å². The summed E-state index contributed by atoms with van der Waals surface area (Å²) in [5.74, 6) is 1.08. The van der Waals surface area contributed by atoms with Crippen molar-refractivity contribution in [2.45, 2.75) is 4.90 Å². The van der Waals surface area contributed by atoms with Gasteiger partial charge in [-0.1, -0.05) is 12.1 Å². The van der Waals surface area contributed by atoms with Gasteiger partial charge in [-0.2, -0.15) is 0 Å². The van der Waals surface area contributed by atoms with Crippen LogP contribution in [0.3, 0.4) is 0 Å². The molecule has 3 aromatic rings. The zero-order valence-corrected chi connectivity index (χ0v) is 17.6. The molecule has 0 spiro atoms. The van der Waals surface area contributed by atoms with E-state index in [0.717, 1.165) is 4.90 Å². The zero-order chi connectivity index (χ0) is 20.6. The number of carbonyl (C=O) groups excluding carboxylic acids is 2. The summed E-state index contributed by atoms with van der Waals surface area (Å²) in [6, 6.07) is 16.2. The van der Waals surface area contributed by atoms with Crippen LogP contribution >= 0.6 is 23.1 Å². The number of anilines is 2. The van der Waals surface area contributed by atoms with E-state index < -0.39 is 0 Å². The van der Waals surface area contributed by atoms with Crippen molar-refractivity contribution < 1.29 is 19.1 Å². The predicted octanol–water partition coefficient (Wildman–Crippen LogP) is 4.75.